The minimum absolute atomic E-state index is 0.0649. The van der Waals surface area contributed by atoms with Crippen LogP contribution in [-0.4, -0.2) is 24.9 Å². The second-order valence-electron chi connectivity index (χ2n) is 3.08. The third-order valence-electron chi connectivity index (χ3n) is 1.86. The van der Waals surface area contributed by atoms with E-state index >= 15 is 0 Å². The lowest BCUT2D eigenvalue weighted by atomic mass is 10.1. The highest BCUT2D eigenvalue weighted by Gasteiger charge is 2.51. The van der Waals surface area contributed by atoms with Gasteiger partial charge in [0, 0.05) is 7.11 Å². The van der Waals surface area contributed by atoms with Crippen LogP contribution in [0.15, 0.2) is 0 Å². The fourth-order valence-electron chi connectivity index (χ4n) is 1.08. The maximum atomic E-state index is 5.33. The first-order valence-electron chi connectivity index (χ1n) is 3.28. The van der Waals surface area contributed by atoms with E-state index in [1.54, 1.807) is 7.11 Å². The molecule has 0 bridgehead atoms. The largest absolute Gasteiger partial charge is 0.379 e. The second-order valence-corrected chi connectivity index (χ2v) is 3.08. The van der Waals surface area contributed by atoms with E-state index in [0.717, 1.165) is 0 Å². The van der Waals surface area contributed by atoms with E-state index in [1.807, 2.05) is 6.92 Å². The Morgan fingerprint density at radius 1 is 1.56 bits per heavy atom. The molecule has 0 spiro atoms. The van der Waals surface area contributed by atoms with E-state index < -0.39 is 0 Å². The van der Waals surface area contributed by atoms with Crippen molar-refractivity contribution in [1.29, 1.82) is 0 Å². The van der Waals surface area contributed by atoms with E-state index in [-0.39, 0.29) is 11.7 Å². The average Bonchev–Trinajstić information content (AvgIpc) is 2.38. The zero-order chi connectivity index (χ0) is 7.07. The first-order chi connectivity index (χ1) is 4.08. The van der Waals surface area contributed by atoms with Crippen molar-refractivity contribution in [3.05, 3.63) is 0 Å². The number of ether oxygens (including phenoxy) is 2. The third kappa shape index (κ3) is 1.25. The predicted octanol–water partition coefficient (Wildman–Crippen LogP) is 1.20. The summed E-state index contributed by atoms with van der Waals surface area (Å²) in [6.45, 7) is 6.18. The molecule has 1 rings (SSSR count). The quantitative estimate of drug-likeness (QED) is 0.524. The molecule has 0 aromatic rings. The van der Waals surface area contributed by atoms with Crippen molar-refractivity contribution >= 4 is 0 Å². The molecular formula is C7H14O2. The van der Waals surface area contributed by atoms with Gasteiger partial charge in [0.2, 0.25) is 0 Å². The first kappa shape index (κ1) is 7.03. The van der Waals surface area contributed by atoms with E-state index in [4.69, 9.17) is 9.47 Å². The number of epoxide rings is 1. The van der Waals surface area contributed by atoms with Crippen LogP contribution in [-0.2, 0) is 9.47 Å². The van der Waals surface area contributed by atoms with Crippen molar-refractivity contribution in [2.24, 2.45) is 0 Å². The lowest BCUT2D eigenvalue weighted by Gasteiger charge is -2.05. The van der Waals surface area contributed by atoms with Crippen LogP contribution in [0.5, 0.6) is 0 Å². The molecule has 0 saturated carbocycles. The normalized spacial score (nSPS) is 34.0. The van der Waals surface area contributed by atoms with Crippen LogP contribution in [0.25, 0.3) is 0 Å². The van der Waals surface area contributed by atoms with E-state index in [9.17, 15) is 0 Å². The average molecular weight is 130 g/mol. The van der Waals surface area contributed by atoms with E-state index in [1.165, 1.54) is 0 Å². The zero-order valence-corrected chi connectivity index (χ0v) is 6.47. The fourth-order valence-corrected chi connectivity index (χ4v) is 1.08. The molecule has 1 fully saturated rings. The van der Waals surface area contributed by atoms with Gasteiger partial charge in [0.1, 0.15) is 6.10 Å². The van der Waals surface area contributed by atoms with Crippen LogP contribution in [0, 0.1) is 0 Å². The minimum Gasteiger partial charge on any atom is -0.379 e. The molecule has 1 heterocycles. The second kappa shape index (κ2) is 1.96. The van der Waals surface area contributed by atoms with Gasteiger partial charge in [0.05, 0.1) is 11.7 Å². The smallest absolute Gasteiger partial charge is 0.113 e. The summed E-state index contributed by atoms with van der Waals surface area (Å²) in [5, 5.41) is 0. The van der Waals surface area contributed by atoms with Crippen LogP contribution < -0.4 is 0 Å². The predicted molar refractivity (Wildman–Crippen MR) is 35.4 cm³/mol. The lowest BCUT2D eigenvalue weighted by molar-refractivity contribution is 0.0909. The van der Waals surface area contributed by atoms with Crippen molar-refractivity contribution in [3.8, 4) is 0 Å². The Balaban J connectivity index is 2.33. The Hall–Kier alpha value is -0.0800. The van der Waals surface area contributed by atoms with Crippen molar-refractivity contribution < 1.29 is 9.47 Å². The van der Waals surface area contributed by atoms with Crippen LogP contribution in [0.1, 0.15) is 20.8 Å². The summed E-state index contributed by atoms with van der Waals surface area (Å²) < 4.78 is 10.4. The molecule has 0 amide bonds. The summed E-state index contributed by atoms with van der Waals surface area (Å²) >= 11 is 0. The topological polar surface area (TPSA) is 21.8 Å². The monoisotopic (exact) mass is 130 g/mol. The summed E-state index contributed by atoms with van der Waals surface area (Å²) in [6.07, 6.45) is 0.544. The van der Waals surface area contributed by atoms with E-state index in [0.29, 0.717) is 6.10 Å². The zero-order valence-electron chi connectivity index (χ0n) is 6.47. The van der Waals surface area contributed by atoms with Gasteiger partial charge in [-0.15, -0.1) is 0 Å². The number of hydrogen-bond donors (Lipinski definition) is 0. The molecule has 9 heavy (non-hydrogen) atoms. The highest BCUT2D eigenvalue weighted by molar-refractivity contribution is 4.98. The van der Waals surface area contributed by atoms with Gasteiger partial charge in [-0.2, -0.15) is 0 Å². The van der Waals surface area contributed by atoms with Gasteiger partial charge < -0.3 is 9.47 Å². The maximum Gasteiger partial charge on any atom is 0.113 e. The van der Waals surface area contributed by atoms with Gasteiger partial charge in [-0.05, 0) is 20.8 Å². The van der Waals surface area contributed by atoms with E-state index in [2.05, 4.69) is 13.8 Å². The molecule has 0 aromatic carbocycles. The van der Waals surface area contributed by atoms with Crippen LogP contribution in [0.2, 0.25) is 0 Å². The molecule has 2 heteroatoms. The first-order valence-corrected chi connectivity index (χ1v) is 3.28. The highest BCUT2D eigenvalue weighted by atomic mass is 16.6. The van der Waals surface area contributed by atoms with Gasteiger partial charge in [0.15, 0.2) is 0 Å². The Bertz CT molecular complexity index is 109. The van der Waals surface area contributed by atoms with Crippen molar-refractivity contribution in [2.75, 3.05) is 7.11 Å². The standard InChI is InChI=1S/C7H14O2/c1-5(8-4)6-7(2,3)9-6/h5-6H,1-4H3/t5-,6+/m0/s1. The van der Waals surface area contributed by atoms with Crippen LogP contribution in [0.3, 0.4) is 0 Å². The van der Waals surface area contributed by atoms with Gasteiger partial charge in [-0.25, -0.2) is 0 Å². The molecule has 0 radical (unpaired) electrons. The Morgan fingerprint density at radius 3 is 2.11 bits per heavy atom. The Morgan fingerprint density at radius 2 is 2.00 bits per heavy atom. The highest BCUT2D eigenvalue weighted by Crippen LogP contribution is 2.38. The number of methoxy groups -OCH3 is 1. The molecule has 2 atom stereocenters. The molecule has 1 aliphatic heterocycles. The summed E-state index contributed by atoms with van der Waals surface area (Å²) in [4.78, 5) is 0. The maximum absolute atomic E-state index is 5.33. The lowest BCUT2D eigenvalue weighted by Crippen LogP contribution is -2.18. The fraction of sp³-hybridized carbons (Fsp3) is 1.00. The van der Waals surface area contributed by atoms with Crippen molar-refractivity contribution in [3.63, 3.8) is 0 Å². The molecule has 0 aliphatic carbocycles. The van der Waals surface area contributed by atoms with Gasteiger partial charge >= 0.3 is 0 Å². The van der Waals surface area contributed by atoms with Gasteiger partial charge in [-0.1, -0.05) is 0 Å². The molecule has 1 aliphatic rings. The summed E-state index contributed by atoms with van der Waals surface area (Å²) in [7, 11) is 1.71. The molecular weight excluding hydrogens is 116 g/mol. The Kier molecular flexibility index (Phi) is 1.53. The third-order valence-corrected chi connectivity index (χ3v) is 1.86. The molecule has 0 aromatic heterocycles. The van der Waals surface area contributed by atoms with Gasteiger partial charge in [0.25, 0.3) is 0 Å². The molecule has 1 saturated heterocycles. The van der Waals surface area contributed by atoms with Crippen molar-refractivity contribution in [1.82, 2.24) is 0 Å². The van der Waals surface area contributed by atoms with Crippen LogP contribution in [0.4, 0.5) is 0 Å². The van der Waals surface area contributed by atoms with Crippen LogP contribution >= 0.6 is 0 Å². The minimum atomic E-state index is 0.0649. The Labute approximate surface area is 56.2 Å². The summed E-state index contributed by atoms with van der Waals surface area (Å²) in [5.74, 6) is 0. The van der Waals surface area contributed by atoms with Gasteiger partial charge in [-0.3, -0.25) is 0 Å². The van der Waals surface area contributed by atoms with Crippen molar-refractivity contribution in [2.45, 2.75) is 38.6 Å². The number of hydrogen-bond acceptors (Lipinski definition) is 2. The molecule has 2 nitrogen and oxygen atoms in total. The summed E-state index contributed by atoms with van der Waals surface area (Å²) in [6, 6.07) is 0. The molecule has 0 N–H and O–H groups in total. The summed E-state index contributed by atoms with van der Waals surface area (Å²) in [5.41, 5.74) is 0.0649. The molecule has 54 valence electrons. The SMILES string of the molecule is CO[C@@H](C)[C@H]1OC1(C)C. The molecule has 0 unspecified atom stereocenters. The number of rotatable bonds is 2.